The lowest BCUT2D eigenvalue weighted by Crippen LogP contribution is -3.00. The van der Waals surface area contributed by atoms with E-state index in [1.54, 1.807) is 0 Å². The van der Waals surface area contributed by atoms with Crippen LogP contribution in [0.25, 0.3) is 0 Å². The van der Waals surface area contributed by atoms with Crippen LogP contribution in [-0.4, -0.2) is 30.7 Å². The number of hydrogen-bond donors (Lipinski definition) is 0. The normalized spacial score (nSPS) is 16.9. The molecule has 2 heteroatoms. The Hall–Kier alpha value is 0.250. The molecule has 0 aliphatic carbocycles. The summed E-state index contributed by atoms with van der Waals surface area (Å²) in [5, 5.41) is 0. The van der Waals surface area contributed by atoms with Crippen LogP contribution >= 0.6 is 0 Å². The summed E-state index contributed by atoms with van der Waals surface area (Å²) < 4.78 is 1.47. The summed E-state index contributed by atoms with van der Waals surface area (Å²) in [5.41, 5.74) is 0. The zero-order chi connectivity index (χ0) is 14.5. The van der Waals surface area contributed by atoms with Gasteiger partial charge in [0.15, 0.2) is 0 Å². The standard InChI is InChI=1S/C19H40N.ClH/c1-3-5-6-7-8-9-10-11-12-13-17-20(16-4-2)18-14-15-19-20;/h3-19H2,1-2H3;1H/q+1;/p-1. The number of unbranched alkanes of at least 4 members (excludes halogenated alkanes) is 9. The first-order valence-corrected chi connectivity index (χ1v) is 9.68. The first kappa shape index (κ1) is 21.2. The molecule has 0 bridgehead atoms. The molecule has 0 aromatic heterocycles. The lowest BCUT2D eigenvalue weighted by atomic mass is 10.1. The summed E-state index contributed by atoms with van der Waals surface area (Å²) in [6.07, 6.45) is 19.0. The van der Waals surface area contributed by atoms with Gasteiger partial charge in [-0.1, -0.05) is 65.2 Å². The zero-order valence-electron chi connectivity index (χ0n) is 14.8. The highest BCUT2D eigenvalue weighted by molar-refractivity contribution is 4.56. The third kappa shape index (κ3) is 9.79. The van der Waals surface area contributed by atoms with Crippen molar-refractivity contribution in [1.82, 2.24) is 0 Å². The molecule has 0 amide bonds. The smallest absolute Gasteiger partial charge is 0.0788 e. The van der Waals surface area contributed by atoms with Crippen molar-refractivity contribution in [2.75, 3.05) is 26.2 Å². The van der Waals surface area contributed by atoms with E-state index in [4.69, 9.17) is 0 Å². The lowest BCUT2D eigenvalue weighted by molar-refractivity contribution is -0.917. The number of rotatable bonds is 13. The minimum atomic E-state index is 0. The lowest BCUT2D eigenvalue weighted by Gasteiger charge is -2.34. The average Bonchev–Trinajstić information content (AvgIpc) is 2.90. The maximum absolute atomic E-state index is 2.36. The molecule has 0 radical (unpaired) electrons. The fourth-order valence-corrected chi connectivity index (χ4v) is 3.97. The van der Waals surface area contributed by atoms with Crippen molar-refractivity contribution in [3.63, 3.8) is 0 Å². The van der Waals surface area contributed by atoms with Gasteiger partial charge in [-0.3, -0.25) is 0 Å². The molecule has 0 saturated carbocycles. The van der Waals surface area contributed by atoms with E-state index < -0.39 is 0 Å². The predicted octanol–water partition coefficient (Wildman–Crippen LogP) is 2.93. The molecule has 1 heterocycles. The largest absolute Gasteiger partial charge is 1.00 e. The van der Waals surface area contributed by atoms with Gasteiger partial charge in [0.05, 0.1) is 26.2 Å². The minimum absolute atomic E-state index is 0. The maximum atomic E-state index is 2.36. The Morgan fingerprint density at radius 3 is 1.52 bits per heavy atom. The van der Waals surface area contributed by atoms with E-state index in [0.717, 1.165) is 0 Å². The topological polar surface area (TPSA) is 0 Å². The molecular weight excluding hydrogens is 278 g/mol. The summed E-state index contributed by atoms with van der Waals surface area (Å²) in [4.78, 5) is 0. The van der Waals surface area contributed by atoms with E-state index in [0.29, 0.717) is 0 Å². The third-order valence-corrected chi connectivity index (χ3v) is 5.20. The van der Waals surface area contributed by atoms with Crippen LogP contribution in [0.15, 0.2) is 0 Å². The van der Waals surface area contributed by atoms with Gasteiger partial charge < -0.3 is 16.9 Å². The van der Waals surface area contributed by atoms with Crippen LogP contribution in [0.4, 0.5) is 0 Å². The monoisotopic (exact) mass is 317 g/mol. The van der Waals surface area contributed by atoms with E-state index in [1.165, 1.54) is 114 Å². The first-order chi connectivity index (χ1) is 9.83. The summed E-state index contributed by atoms with van der Waals surface area (Å²) in [6, 6.07) is 0. The van der Waals surface area contributed by atoms with Gasteiger partial charge in [0, 0.05) is 12.8 Å². The highest BCUT2D eigenvalue weighted by Gasteiger charge is 2.29. The quantitative estimate of drug-likeness (QED) is 0.362. The Labute approximate surface area is 140 Å². The van der Waals surface area contributed by atoms with Gasteiger partial charge in [-0.25, -0.2) is 0 Å². The van der Waals surface area contributed by atoms with Gasteiger partial charge in [-0.15, -0.1) is 0 Å². The van der Waals surface area contributed by atoms with Crippen LogP contribution < -0.4 is 12.4 Å². The van der Waals surface area contributed by atoms with E-state index in [-0.39, 0.29) is 12.4 Å². The molecule has 0 unspecified atom stereocenters. The average molecular weight is 318 g/mol. The molecule has 0 aromatic rings. The van der Waals surface area contributed by atoms with E-state index >= 15 is 0 Å². The summed E-state index contributed by atoms with van der Waals surface area (Å²) in [7, 11) is 0. The predicted molar refractivity (Wildman–Crippen MR) is 91.1 cm³/mol. The number of hydrogen-bond acceptors (Lipinski definition) is 0. The summed E-state index contributed by atoms with van der Waals surface area (Å²) in [5.74, 6) is 0. The summed E-state index contributed by atoms with van der Waals surface area (Å²) in [6.45, 7) is 10.5. The molecular formula is C19H40ClN. The van der Waals surface area contributed by atoms with Gasteiger partial charge in [0.25, 0.3) is 0 Å². The van der Waals surface area contributed by atoms with Crippen molar-refractivity contribution in [3.05, 3.63) is 0 Å². The third-order valence-electron chi connectivity index (χ3n) is 5.20. The minimum Gasteiger partial charge on any atom is -1.00 e. The fourth-order valence-electron chi connectivity index (χ4n) is 3.97. The van der Waals surface area contributed by atoms with Crippen LogP contribution in [0.5, 0.6) is 0 Å². The Bertz CT molecular complexity index is 212. The van der Waals surface area contributed by atoms with Gasteiger partial charge in [-0.05, 0) is 19.3 Å². The van der Waals surface area contributed by atoms with Crippen LogP contribution in [0.1, 0.15) is 97.3 Å². The van der Waals surface area contributed by atoms with Crippen molar-refractivity contribution in [1.29, 1.82) is 0 Å². The molecule has 128 valence electrons. The summed E-state index contributed by atoms with van der Waals surface area (Å²) >= 11 is 0. The number of quaternary nitrogens is 1. The van der Waals surface area contributed by atoms with Gasteiger partial charge in [0.2, 0.25) is 0 Å². The Kier molecular flexibility index (Phi) is 14.0. The molecule has 1 aliphatic rings. The molecule has 1 saturated heterocycles. The Balaban J connectivity index is 0.00000400. The highest BCUT2D eigenvalue weighted by Crippen LogP contribution is 2.21. The van der Waals surface area contributed by atoms with Crippen LogP contribution in [0, 0.1) is 0 Å². The second-order valence-electron chi connectivity index (χ2n) is 7.13. The Morgan fingerprint density at radius 1 is 0.571 bits per heavy atom. The van der Waals surface area contributed by atoms with E-state index in [9.17, 15) is 0 Å². The number of likely N-dealkylation sites (tertiary alicyclic amines) is 1. The molecule has 0 atom stereocenters. The molecule has 1 fully saturated rings. The van der Waals surface area contributed by atoms with Crippen molar-refractivity contribution in [2.45, 2.75) is 97.3 Å². The fraction of sp³-hybridized carbons (Fsp3) is 1.00. The molecule has 1 rings (SSSR count). The van der Waals surface area contributed by atoms with Gasteiger partial charge in [-0.2, -0.15) is 0 Å². The zero-order valence-corrected chi connectivity index (χ0v) is 15.6. The first-order valence-electron chi connectivity index (χ1n) is 9.68. The number of nitrogens with zero attached hydrogens (tertiary/aromatic N) is 1. The van der Waals surface area contributed by atoms with Crippen LogP contribution in [0.3, 0.4) is 0 Å². The molecule has 21 heavy (non-hydrogen) atoms. The van der Waals surface area contributed by atoms with Gasteiger partial charge in [0.1, 0.15) is 0 Å². The second-order valence-corrected chi connectivity index (χ2v) is 7.13. The molecule has 1 aliphatic heterocycles. The van der Waals surface area contributed by atoms with Gasteiger partial charge >= 0.3 is 0 Å². The van der Waals surface area contributed by atoms with E-state index in [2.05, 4.69) is 13.8 Å². The molecule has 0 N–H and O–H groups in total. The molecule has 0 spiro atoms. The van der Waals surface area contributed by atoms with Crippen LogP contribution in [-0.2, 0) is 0 Å². The van der Waals surface area contributed by atoms with Crippen LogP contribution in [0.2, 0.25) is 0 Å². The van der Waals surface area contributed by atoms with E-state index in [1.807, 2.05) is 0 Å². The SMILES string of the molecule is CCCCCCCCCCCC[N+]1(CCC)CCCC1.[Cl-]. The van der Waals surface area contributed by atoms with Crippen molar-refractivity contribution >= 4 is 0 Å². The maximum Gasteiger partial charge on any atom is 0.0788 e. The van der Waals surface area contributed by atoms with Crippen molar-refractivity contribution < 1.29 is 16.9 Å². The molecule has 1 nitrogen and oxygen atoms in total. The van der Waals surface area contributed by atoms with Crippen molar-refractivity contribution in [3.8, 4) is 0 Å². The highest BCUT2D eigenvalue weighted by atomic mass is 35.5. The van der Waals surface area contributed by atoms with Crippen molar-refractivity contribution in [2.24, 2.45) is 0 Å². The number of halogens is 1. The molecule has 0 aromatic carbocycles. The second kappa shape index (κ2) is 13.9. The Morgan fingerprint density at radius 2 is 1.05 bits per heavy atom.